The predicted octanol–water partition coefficient (Wildman–Crippen LogP) is 2.20. The average Bonchev–Trinajstić information content (AvgIpc) is 2.82. The molecular formula is C13H14O2. The zero-order valence-corrected chi connectivity index (χ0v) is 8.66. The molecule has 0 amide bonds. The summed E-state index contributed by atoms with van der Waals surface area (Å²) in [6.07, 6.45) is 10.2. The van der Waals surface area contributed by atoms with Crippen LogP contribution in [0.5, 0.6) is 0 Å². The fourth-order valence-corrected chi connectivity index (χ4v) is 3.49. The lowest BCUT2D eigenvalue weighted by atomic mass is 9.74. The monoisotopic (exact) mass is 202 g/mol. The third kappa shape index (κ3) is 1.24. The van der Waals surface area contributed by atoms with Crippen LogP contribution in [0.15, 0.2) is 23.8 Å². The fraction of sp³-hybridized carbons (Fsp3) is 0.538. The largest absolute Gasteiger partial charge is 0.290 e. The quantitative estimate of drug-likeness (QED) is 0.611. The SMILES string of the molecule is O=C1C=CC(=O)C(C23CCC(CC2)C3)=C1. The van der Waals surface area contributed by atoms with E-state index in [-0.39, 0.29) is 17.0 Å². The molecule has 0 aromatic carbocycles. The van der Waals surface area contributed by atoms with E-state index in [1.807, 2.05) is 0 Å². The summed E-state index contributed by atoms with van der Waals surface area (Å²) in [5, 5.41) is 0. The van der Waals surface area contributed by atoms with Crippen molar-refractivity contribution in [3.8, 4) is 0 Å². The fourth-order valence-electron chi connectivity index (χ4n) is 3.49. The zero-order chi connectivity index (χ0) is 10.5. The van der Waals surface area contributed by atoms with Gasteiger partial charge in [-0.3, -0.25) is 9.59 Å². The molecule has 0 aromatic heterocycles. The average molecular weight is 202 g/mol. The van der Waals surface area contributed by atoms with Crippen LogP contribution < -0.4 is 0 Å². The highest BCUT2D eigenvalue weighted by molar-refractivity contribution is 6.17. The minimum Gasteiger partial charge on any atom is -0.290 e. The Morgan fingerprint density at radius 2 is 1.87 bits per heavy atom. The molecule has 0 radical (unpaired) electrons. The molecule has 3 aliphatic carbocycles. The van der Waals surface area contributed by atoms with E-state index in [4.69, 9.17) is 0 Å². The Labute approximate surface area is 89.0 Å². The molecule has 15 heavy (non-hydrogen) atoms. The highest BCUT2D eigenvalue weighted by atomic mass is 16.1. The van der Waals surface area contributed by atoms with E-state index in [0.717, 1.165) is 30.8 Å². The Hall–Kier alpha value is -1.18. The summed E-state index contributed by atoms with van der Waals surface area (Å²) >= 11 is 0. The number of hydrogen-bond donors (Lipinski definition) is 0. The lowest BCUT2D eigenvalue weighted by Crippen LogP contribution is -2.25. The van der Waals surface area contributed by atoms with Crippen LogP contribution in [0.4, 0.5) is 0 Å². The Balaban J connectivity index is 2.00. The Kier molecular flexibility index (Phi) is 1.76. The Morgan fingerprint density at radius 1 is 1.13 bits per heavy atom. The van der Waals surface area contributed by atoms with Crippen LogP contribution in [0.25, 0.3) is 0 Å². The lowest BCUT2D eigenvalue weighted by molar-refractivity contribution is -0.115. The van der Waals surface area contributed by atoms with E-state index in [1.54, 1.807) is 6.08 Å². The highest BCUT2D eigenvalue weighted by Gasteiger charge is 2.48. The summed E-state index contributed by atoms with van der Waals surface area (Å²) < 4.78 is 0. The zero-order valence-electron chi connectivity index (χ0n) is 8.66. The van der Waals surface area contributed by atoms with Gasteiger partial charge >= 0.3 is 0 Å². The van der Waals surface area contributed by atoms with Gasteiger partial charge in [0.05, 0.1) is 0 Å². The first-order chi connectivity index (χ1) is 7.20. The molecule has 2 nitrogen and oxygen atoms in total. The first-order valence-corrected chi connectivity index (χ1v) is 5.68. The van der Waals surface area contributed by atoms with Crippen molar-refractivity contribution < 1.29 is 9.59 Å². The maximum Gasteiger partial charge on any atom is 0.182 e. The van der Waals surface area contributed by atoms with Crippen LogP contribution in [0.1, 0.15) is 32.1 Å². The van der Waals surface area contributed by atoms with Gasteiger partial charge in [-0.2, -0.15) is 0 Å². The van der Waals surface area contributed by atoms with E-state index >= 15 is 0 Å². The summed E-state index contributed by atoms with van der Waals surface area (Å²) in [5.41, 5.74) is 0.873. The minimum atomic E-state index is -0.0191. The second-order valence-corrected chi connectivity index (χ2v) is 5.09. The summed E-state index contributed by atoms with van der Waals surface area (Å²) in [5.74, 6) is 0.853. The summed E-state index contributed by atoms with van der Waals surface area (Å²) in [7, 11) is 0. The molecule has 3 aliphatic rings. The molecule has 0 atom stereocenters. The third-order valence-electron chi connectivity index (χ3n) is 4.26. The molecule has 0 saturated heterocycles. The van der Waals surface area contributed by atoms with Gasteiger partial charge in [0.1, 0.15) is 0 Å². The number of carbonyl (C=O) groups is 2. The van der Waals surface area contributed by atoms with Crippen LogP contribution >= 0.6 is 0 Å². The molecular weight excluding hydrogens is 188 g/mol. The standard InChI is InChI=1S/C13H14O2/c14-10-1-2-12(15)11(7-10)13-5-3-9(8-13)4-6-13/h1-2,7,9H,3-6,8H2. The summed E-state index contributed by atoms with van der Waals surface area (Å²) in [6, 6.07) is 0. The number of fused-ring (bicyclic) bond motifs is 2. The maximum absolute atomic E-state index is 11.8. The molecule has 0 aliphatic heterocycles. The smallest absolute Gasteiger partial charge is 0.182 e. The molecule has 0 spiro atoms. The number of ketones is 2. The van der Waals surface area contributed by atoms with Crippen LogP contribution in [0.3, 0.4) is 0 Å². The van der Waals surface area contributed by atoms with E-state index in [2.05, 4.69) is 0 Å². The summed E-state index contributed by atoms with van der Waals surface area (Å²) in [6.45, 7) is 0. The van der Waals surface area contributed by atoms with Crippen molar-refractivity contribution in [3.63, 3.8) is 0 Å². The molecule has 0 N–H and O–H groups in total. The van der Waals surface area contributed by atoms with E-state index in [0.29, 0.717) is 0 Å². The molecule has 2 heteroatoms. The normalized spacial score (nSPS) is 38.7. The van der Waals surface area contributed by atoms with E-state index in [9.17, 15) is 9.59 Å². The van der Waals surface area contributed by atoms with Gasteiger partial charge in [0, 0.05) is 5.57 Å². The minimum absolute atomic E-state index is 0.0191. The van der Waals surface area contributed by atoms with Gasteiger partial charge in [0.25, 0.3) is 0 Å². The van der Waals surface area contributed by atoms with Gasteiger partial charge in [-0.1, -0.05) is 0 Å². The van der Waals surface area contributed by atoms with Gasteiger partial charge < -0.3 is 0 Å². The van der Waals surface area contributed by atoms with E-state index in [1.165, 1.54) is 25.0 Å². The van der Waals surface area contributed by atoms with Gasteiger partial charge in [-0.25, -0.2) is 0 Å². The summed E-state index contributed by atoms with van der Waals surface area (Å²) in [4.78, 5) is 23.1. The van der Waals surface area contributed by atoms with Gasteiger partial charge in [0.2, 0.25) is 0 Å². The molecule has 2 saturated carbocycles. The first-order valence-electron chi connectivity index (χ1n) is 5.68. The van der Waals surface area contributed by atoms with Crippen molar-refractivity contribution in [2.75, 3.05) is 0 Å². The first kappa shape index (κ1) is 9.08. The molecule has 2 fully saturated rings. The van der Waals surface area contributed by atoms with E-state index < -0.39 is 0 Å². The molecule has 3 rings (SSSR count). The predicted molar refractivity (Wildman–Crippen MR) is 56.2 cm³/mol. The van der Waals surface area contributed by atoms with Crippen molar-refractivity contribution >= 4 is 11.6 Å². The molecule has 0 unspecified atom stereocenters. The molecule has 0 aromatic rings. The van der Waals surface area contributed by atoms with Crippen LogP contribution in [-0.2, 0) is 9.59 Å². The molecule has 0 heterocycles. The lowest BCUT2D eigenvalue weighted by Gasteiger charge is -2.29. The maximum atomic E-state index is 11.8. The van der Waals surface area contributed by atoms with Crippen molar-refractivity contribution in [3.05, 3.63) is 23.8 Å². The van der Waals surface area contributed by atoms with Crippen molar-refractivity contribution in [1.29, 1.82) is 0 Å². The second-order valence-electron chi connectivity index (χ2n) is 5.09. The highest BCUT2D eigenvalue weighted by Crippen LogP contribution is 2.58. The van der Waals surface area contributed by atoms with Gasteiger partial charge in [-0.15, -0.1) is 0 Å². The van der Waals surface area contributed by atoms with Crippen molar-refractivity contribution in [1.82, 2.24) is 0 Å². The Morgan fingerprint density at radius 3 is 2.47 bits per heavy atom. The van der Waals surface area contributed by atoms with Gasteiger partial charge in [0.15, 0.2) is 11.6 Å². The van der Waals surface area contributed by atoms with Gasteiger partial charge in [-0.05, 0) is 61.7 Å². The Bertz CT molecular complexity index is 393. The van der Waals surface area contributed by atoms with Crippen molar-refractivity contribution in [2.45, 2.75) is 32.1 Å². The number of allylic oxidation sites excluding steroid dienone is 4. The van der Waals surface area contributed by atoms with Crippen LogP contribution in [-0.4, -0.2) is 11.6 Å². The van der Waals surface area contributed by atoms with Crippen molar-refractivity contribution in [2.24, 2.45) is 11.3 Å². The van der Waals surface area contributed by atoms with Crippen LogP contribution in [0, 0.1) is 11.3 Å². The molecule has 78 valence electrons. The number of rotatable bonds is 1. The topological polar surface area (TPSA) is 34.1 Å². The molecule has 2 bridgehead atoms. The van der Waals surface area contributed by atoms with Crippen LogP contribution in [0.2, 0.25) is 0 Å². The third-order valence-corrected chi connectivity index (χ3v) is 4.26. The second kappa shape index (κ2) is 2.91. The number of carbonyl (C=O) groups excluding carboxylic acids is 2. The number of hydrogen-bond acceptors (Lipinski definition) is 2.